The van der Waals surface area contributed by atoms with Gasteiger partial charge in [0.2, 0.25) is 11.8 Å². The number of amides is 2. The Bertz CT molecular complexity index is 1370. The molecular formula is C24H25ClN4O4. The minimum absolute atomic E-state index is 0.0267. The van der Waals surface area contributed by atoms with Gasteiger partial charge in [0.15, 0.2) is 0 Å². The number of hydrogen-bond acceptors (Lipinski definition) is 4. The van der Waals surface area contributed by atoms with Crippen LogP contribution in [0.3, 0.4) is 0 Å². The molecule has 0 radical (unpaired) electrons. The van der Waals surface area contributed by atoms with Gasteiger partial charge in [-0.05, 0) is 43.7 Å². The van der Waals surface area contributed by atoms with Crippen LogP contribution in [-0.2, 0) is 9.59 Å². The monoisotopic (exact) mass is 468 g/mol. The minimum Gasteiger partial charge on any atom is -0.339 e. The molecule has 1 atom stereocenters. The van der Waals surface area contributed by atoms with Crippen LogP contribution in [0.4, 0.5) is 0 Å². The van der Waals surface area contributed by atoms with E-state index in [4.69, 9.17) is 11.6 Å². The largest absolute Gasteiger partial charge is 0.339 e. The summed E-state index contributed by atoms with van der Waals surface area (Å²) in [6, 6.07) is 10.9. The molecule has 1 aromatic heterocycles. The SMILES string of the molecule is CC(=O)N1CCN(C(=O)C(C)n2c(=O)n(-c3ccc(C)c(Cl)c3)c(=O)c3ccccc32)CC1. The third-order valence-electron chi connectivity index (χ3n) is 6.19. The fourth-order valence-corrected chi connectivity index (χ4v) is 4.40. The number of nitrogens with zero attached hydrogens (tertiary/aromatic N) is 4. The predicted molar refractivity (Wildman–Crippen MR) is 127 cm³/mol. The van der Waals surface area contributed by atoms with Gasteiger partial charge in [-0.3, -0.25) is 19.0 Å². The highest BCUT2D eigenvalue weighted by Gasteiger charge is 2.29. The second kappa shape index (κ2) is 8.86. The number of hydrogen-bond donors (Lipinski definition) is 0. The van der Waals surface area contributed by atoms with E-state index in [0.29, 0.717) is 47.8 Å². The summed E-state index contributed by atoms with van der Waals surface area (Å²) in [6.45, 7) is 6.68. The van der Waals surface area contributed by atoms with Gasteiger partial charge in [-0.1, -0.05) is 29.8 Å². The molecular weight excluding hydrogens is 444 g/mol. The van der Waals surface area contributed by atoms with E-state index < -0.39 is 17.3 Å². The maximum absolute atomic E-state index is 13.6. The Kier molecular flexibility index (Phi) is 6.12. The molecule has 0 aliphatic carbocycles. The highest BCUT2D eigenvalue weighted by molar-refractivity contribution is 6.31. The molecule has 1 saturated heterocycles. The first kappa shape index (κ1) is 22.8. The van der Waals surface area contributed by atoms with E-state index in [2.05, 4.69) is 0 Å². The number of aromatic nitrogens is 2. The molecule has 2 aromatic carbocycles. The molecule has 0 saturated carbocycles. The smallest absolute Gasteiger partial charge is 0.336 e. The second-order valence-electron chi connectivity index (χ2n) is 8.25. The Balaban J connectivity index is 1.83. The Labute approximate surface area is 195 Å². The summed E-state index contributed by atoms with van der Waals surface area (Å²) in [4.78, 5) is 55.2. The zero-order valence-corrected chi connectivity index (χ0v) is 19.5. The normalized spacial score (nSPS) is 15.0. The van der Waals surface area contributed by atoms with Crippen LogP contribution in [0.2, 0.25) is 5.02 Å². The van der Waals surface area contributed by atoms with Gasteiger partial charge < -0.3 is 9.80 Å². The van der Waals surface area contributed by atoms with Gasteiger partial charge in [-0.2, -0.15) is 0 Å². The van der Waals surface area contributed by atoms with E-state index in [-0.39, 0.29) is 11.8 Å². The number of halogens is 1. The Morgan fingerprint density at radius 3 is 2.24 bits per heavy atom. The number of rotatable bonds is 3. The molecule has 1 unspecified atom stereocenters. The standard InChI is InChI=1S/C24H25ClN4O4/c1-15-8-9-18(14-20(15)25)29-23(32)19-6-4-5-7-21(19)28(24(29)33)16(2)22(31)27-12-10-26(11-13-27)17(3)30/h4-9,14,16H,10-13H2,1-3H3. The average molecular weight is 469 g/mol. The highest BCUT2D eigenvalue weighted by Crippen LogP contribution is 2.20. The van der Waals surface area contributed by atoms with Crippen LogP contribution < -0.4 is 11.2 Å². The molecule has 172 valence electrons. The maximum atomic E-state index is 13.6. The summed E-state index contributed by atoms with van der Waals surface area (Å²) in [5.41, 5.74) is 0.478. The van der Waals surface area contributed by atoms with Crippen molar-refractivity contribution in [2.75, 3.05) is 26.2 Å². The second-order valence-corrected chi connectivity index (χ2v) is 8.66. The minimum atomic E-state index is -0.848. The van der Waals surface area contributed by atoms with Gasteiger partial charge in [0.25, 0.3) is 5.56 Å². The number of benzene rings is 2. The van der Waals surface area contributed by atoms with E-state index >= 15 is 0 Å². The van der Waals surface area contributed by atoms with Gasteiger partial charge in [-0.25, -0.2) is 9.36 Å². The van der Waals surface area contributed by atoms with Crippen LogP contribution in [0.5, 0.6) is 0 Å². The summed E-state index contributed by atoms with van der Waals surface area (Å²) >= 11 is 6.26. The lowest BCUT2D eigenvalue weighted by Crippen LogP contribution is -2.52. The lowest BCUT2D eigenvalue weighted by molar-refractivity contribution is -0.140. The fourth-order valence-electron chi connectivity index (χ4n) is 4.22. The van der Waals surface area contributed by atoms with Crippen LogP contribution in [0.1, 0.15) is 25.5 Å². The van der Waals surface area contributed by atoms with Crippen molar-refractivity contribution in [1.82, 2.24) is 18.9 Å². The summed E-state index contributed by atoms with van der Waals surface area (Å²) in [5, 5.41) is 0.765. The number of carbonyl (C=O) groups excluding carboxylic acids is 2. The van der Waals surface area contributed by atoms with E-state index in [0.717, 1.165) is 10.1 Å². The molecule has 2 heterocycles. The van der Waals surface area contributed by atoms with E-state index in [1.54, 1.807) is 59.2 Å². The molecule has 4 rings (SSSR count). The third kappa shape index (κ3) is 4.06. The topological polar surface area (TPSA) is 84.6 Å². The van der Waals surface area contributed by atoms with Crippen molar-refractivity contribution in [2.45, 2.75) is 26.8 Å². The van der Waals surface area contributed by atoms with Crippen molar-refractivity contribution in [2.24, 2.45) is 0 Å². The number of para-hydroxylation sites is 1. The van der Waals surface area contributed by atoms with Crippen molar-refractivity contribution in [3.05, 3.63) is 73.9 Å². The number of fused-ring (bicyclic) bond motifs is 1. The number of piperazine rings is 1. The number of carbonyl (C=O) groups is 2. The molecule has 0 spiro atoms. The van der Waals surface area contributed by atoms with E-state index in [1.165, 1.54) is 11.5 Å². The van der Waals surface area contributed by atoms with Crippen LogP contribution >= 0.6 is 11.6 Å². The lowest BCUT2D eigenvalue weighted by Gasteiger charge is -2.35. The zero-order chi connectivity index (χ0) is 23.9. The van der Waals surface area contributed by atoms with Gasteiger partial charge in [0.1, 0.15) is 6.04 Å². The summed E-state index contributed by atoms with van der Waals surface area (Å²) in [7, 11) is 0. The first-order valence-electron chi connectivity index (χ1n) is 10.8. The Morgan fingerprint density at radius 2 is 1.61 bits per heavy atom. The van der Waals surface area contributed by atoms with E-state index in [1.807, 2.05) is 6.92 Å². The molecule has 2 amide bonds. The zero-order valence-electron chi connectivity index (χ0n) is 18.7. The molecule has 8 nitrogen and oxygen atoms in total. The average Bonchev–Trinajstić information content (AvgIpc) is 2.81. The first-order chi connectivity index (χ1) is 15.7. The van der Waals surface area contributed by atoms with Crippen LogP contribution in [0.15, 0.2) is 52.1 Å². The molecule has 0 bridgehead atoms. The first-order valence-corrected chi connectivity index (χ1v) is 11.2. The van der Waals surface area contributed by atoms with Gasteiger partial charge in [-0.15, -0.1) is 0 Å². The van der Waals surface area contributed by atoms with E-state index in [9.17, 15) is 19.2 Å². The fraction of sp³-hybridized carbons (Fsp3) is 0.333. The maximum Gasteiger partial charge on any atom is 0.336 e. The quantitative estimate of drug-likeness (QED) is 0.590. The Hall–Kier alpha value is -3.39. The summed E-state index contributed by atoms with van der Waals surface area (Å²) in [5.74, 6) is -0.265. The van der Waals surface area contributed by atoms with Crippen molar-refractivity contribution in [3.8, 4) is 5.69 Å². The third-order valence-corrected chi connectivity index (χ3v) is 6.60. The lowest BCUT2D eigenvalue weighted by atomic mass is 10.1. The number of aryl methyl sites for hydroxylation is 1. The van der Waals surface area contributed by atoms with Gasteiger partial charge in [0, 0.05) is 38.1 Å². The van der Waals surface area contributed by atoms with Crippen molar-refractivity contribution in [1.29, 1.82) is 0 Å². The van der Waals surface area contributed by atoms with Crippen molar-refractivity contribution >= 4 is 34.3 Å². The Morgan fingerprint density at radius 1 is 0.970 bits per heavy atom. The van der Waals surface area contributed by atoms with Crippen LogP contribution in [-0.4, -0.2) is 56.9 Å². The van der Waals surface area contributed by atoms with Crippen molar-refractivity contribution in [3.63, 3.8) is 0 Å². The predicted octanol–water partition coefficient (Wildman–Crippen LogP) is 2.37. The molecule has 9 heteroatoms. The summed E-state index contributed by atoms with van der Waals surface area (Å²) < 4.78 is 2.43. The molecule has 33 heavy (non-hydrogen) atoms. The highest BCUT2D eigenvalue weighted by atomic mass is 35.5. The van der Waals surface area contributed by atoms with Gasteiger partial charge >= 0.3 is 5.69 Å². The van der Waals surface area contributed by atoms with Gasteiger partial charge in [0.05, 0.1) is 16.6 Å². The molecule has 1 aliphatic rings. The molecule has 0 N–H and O–H groups in total. The van der Waals surface area contributed by atoms with Crippen LogP contribution in [0.25, 0.3) is 16.6 Å². The van der Waals surface area contributed by atoms with Crippen LogP contribution in [0, 0.1) is 6.92 Å². The molecule has 1 aliphatic heterocycles. The molecule has 3 aromatic rings. The van der Waals surface area contributed by atoms with Crippen molar-refractivity contribution < 1.29 is 9.59 Å². The molecule has 1 fully saturated rings. The summed E-state index contributed by atoms with van der Waals surface area (Å²) in [6.07, 6.45) is 0.